The molecule has 5 aromatic rings. The van der Waals surface area contributed by atoms with E-state index in [1.54, 1.807) is 61.1 Å². The molecule has 3 heterocycles. The van der Waals surface area contributed by atoms with Crippen molar-refractivity contribution in [3.63, 3.8) is 0 Å². The largest absolute Gasteiger partial charge is 0.345 e. The van der Waals surface area contributed by atoms with Crippen molar-refractivity contribution in [1.29, 1.82) is 0 Å². The first kappa shape index (κ1) is 22.4. The van der Waals surface area contributed by atoms with Gasteiger partial charge in [-0.15, -0.1) is 0 Å². The van der Waals surface area contributed by atoms with E-state index < -0.39 is 21.6 Å². The number of H-pyrrole nitrogens is 1. The molecular formula is C26H19FN4O3S. The van der Waals surface area contributed by atoms with E-state index in [0.717, 1.165) is 11.1 Å². The number of aromatic nitrogens is 3. The molecule has 174 valence electrons. The van der Waals surface area contributed by atoms with Crippen LogP contribution >= 0.6 is 0 Å². The van der Waals surface area contributed by atoms with Crippen LogP contribution in [0.25, 0.3) is 22.2 Å². The Kier molecular flexibility index (Phi) is 5.84. The zero-order valence-corrected chi connectivity index (χ0v) is 19.1. The number of halogens is 1. The Morgan fingerprint density at radius 2 is 1.77 bits per heavy atom. The molecule has 2 N–H and O–H groups in total. The molecule has 5 rings (SSSR count). The summed E-state index contributed by atoms with van der Waals surface area (Å²) in [6.45, 7) is 0. The van der Waals surface area contributed by atoms with Gasteiger partial charge in [0, 0.05) is 46.9 Å². The van der Waals surface area contributed by atoms with Crippen molar-refractivity contribution < 1.29 is 17.6 Å². The molecule has 0 aliphatic rings. The van der Waals surface area contributed by atoms with E-state index in [0.29, 0.717) is 16.6 Å². The molecule has 35 heavy (non-hydrogen) atoms. The number of benzene rings is 2. The van der Waals surface area contributed by atoms with Crippen LogP contribution in [0.3, 0.4) is 0 Å². The van der Waals surface area contributed by atoms with Gasteiger partial charge in [0.05, 0.1) is 17.0 Å². The highest BCUT2D eigenvalue weighted by molar-refractivity contribution is 7.91. The lowest BCUT2D eigenvalue weighted by molar-refractivity contribution is 0.103. The molecule has 0 amide bonds. The number of fused-ring (bicyclic) bond motifs is 1. The third-order valence-electron chi connectivity index (χ3n) is 5.48. The predicted octanol–water partition coefficient (Wildman–Crippen LogP) is 4.94. The van der Waals surface area contributed by atoms with Gasteiger partial charge in [0.15, 0.2) is 11.6 Å². The summed E-state index contributed by atoms with van der Waals surface area (Å²) in [6.07, 6.45) is 6.47. The van der Waals surface area contributed by atoms with Gasteiger partial charge in [-0.25, -0.2) is 17.8 Å². The number of rotatable bonds is 7. The van der Waals surface area contributed by atoms with Crippen molar-refractivity contribution in [3.05, 3.63) is 114 Å². The van der Waals surface area contributed by atoms with Crippen LogP contribution in [0.4, 0.5) is 10.1 Å². The maximum atomic E-state index is 15.3. The van der Waals surface area contributed by atoms with Crippen molar-refractivity contribution in [2.24, 2.45) is 0 Å². The monoisotopic (exact) mass is 486 g/mol. The number of ketones is 1. The minimum absolute atomic E-state index is 0.224. The number of sulfonamides is 1. The fourth-order valence-corrected chi connectivity index (χ4v) is 5.01. The number of nitrogens with one attached hydrogen (secondary N) is 2. The van der Waals surface area contributed by atoms with Gasteiger partial charge in [0.2, 0.25) is 10.0 Å². The molecule has 0 atom stereocenters. The average Bonchev–Trinajstić information content (AvgIpc) is 3.29. The normalized spacial score (nSPS) is 11.5. The summed E-state index contributed by atoms with van der Waals surface area (Å²) >= 11 is 0. The molecule has 0 aliphatic heterocycles. The zero-order valence-electron chi connectivity index (χ0n) is 18.3. The highest BCUT2D eigenvalue weighted by Crippen LogP contribution is 2.28. The van der Waals surface area contributed by atoms with Gasteiger partial charge in [-0.05, 0) is 29.8 Å². The van der Waals surface area contributed by atoms with Gasteiger partial charge < -0.3 is 4.98 Å². The van der Waals surface area contributed by atoms with E-state index in [9.17, 15) is 13.2 Å². The molecule has 2 aromatic carbocycles. The van der Waals surface area contributed by atoms with E-state index in [2.05, 4.69) is 19.7 Å². The molecule has 0 saturated heterocycles. The third kappa shape index (κ3) is 4.67. The maximum absolute atomic E-state index is 15.3. The van der Waals surface area contributed by atoms with Gasteiger partial charge in [-0.1, -0.05) is 42.5 Å². The summed E-state index contributed by atoms with van der Waals surface area (Å²) in [6, 6.07) is 18.0. The number of pyridine rings is 2. The third-order valence-corrected chi connectivity index (χ3v) is 6.72. The Hall–Kier alpha value is -4.37. The van der Waals surface area contributed by atoms with Crippen molar-refractivity contribution in [1.82, 2.24) is 15.0 Å². The van der Waals surface area contributed by atoms with Crippen LogP contribution in [-0.4, -0.2) is 29.2 Å². The van der Waals surface area contributed by atoms with Crippen LogP contribution in [0.1, 0.15) is 21.5 Å². The summed E-state index contributed by atoms with van der Waals surface area (Å²) in [5, 5.41) is 0.519. The average molecular weight is 487 g/mol. The molecule has 0 radical (unpaired) electrons. The Bertz CT molecular complexity index is 1640. The number of nitrogens with zero attached hydrogens (tertiary/aromatic N) is 2. The maximum Gasteiger partial charge on any atom is 0.237 e. The van der Waals surface area contributed by atoms with Crippen LogP contribution in [0.2, 0.25) is 0 Å². The number of anilines is 1. The van der Waals surface area contributed by atoms with E-state index in [-0.39, 0.29) is 22.6 Å². The van der Waals surface area contributed by atoms with Crippen LogP contribution in [0, 0.1) is 5.82 Å². The molecular weight excluding hydrogens is 467 g/mol. The Labute approximate surface area is 200 Å². The minimum Gasteiger partial charge on any atom is -0.345 e. The SMILES string of the molecule is O=C(c1cccc(NS(=O)(=O)Cc2ccccc2)c1F)c1c[nH]c2ncc(-c3cccnc3)cc12. The highest BCUT2D eigenvalue weighted by atomic mass is 32.2. The molecule has 7 nitrogen and oxygen atoms in total. The molecule has 0 aliphatic carbocycles. The van der Waals surface area contributed by atoms with Gasteiger partial charge in [-0.3, -0.25) is 14.5 Å². The standard InChI is InChI=1S/C26H19FN4O3S/c27-24-20(9-4-10-23(24)31-35(33,34)16-17-6-2-1-3-7-17)25(32)22-15-30-26-21(22)12-19(14-29-26)18-8-5-11-28-13-18/h1-15,31H,16H2,(H,29,30). The quantitative estimate of drug-likeness (QED) is 0.317. The number of hydrogen-bond donors (Lipinski definition) is 2. The topological polar surface area (TPSA) is 105 Å². The Balaban J connectivity index is 1.47. The van der Waals surface area contributed by atoms with Crippen LogP contribution in [0.5, 0.6) is 0 Å². The van der Waals surface area contributed by atoms with Crippen LogP contribution in [0.15, 0.2) is 91.5 Å². The predicted molar refractivity (Wildman–Crippen MR) is 132 cm³/mol. The van der Waals surface area contributed by atoms with E-state index in [1.807, 2.05) is 6.07 Å². The highest BCUT2D eigenvalue weighted by Gasteiger charge is 2.22. The Morgan fingerprint density at radius 3 is 2.54 bits per heavy atom. The molecule has 0 unspecified atom stereocenters. The smallest absolute Gasteiger partial charge is 0.237 e. The van der Waals surface area contributed by atoms with E-state index in [1.165, 1.54) is 24.4 Å². The van der Waals surface area contributed by atoms with Gasteiger partial charge in [-0.2, -0.15) is 0 Å². The summed E-state index contributed by atoms with van der Waals surface area (Å²) in [4.78, 5) is 24.7. The molecule has 9 heteroatoms. The zero-order chi connectivity index (χ0) is 24.4. The summed E-state index contributed by atoms with van der Waals surface area (Å²) in [7, 11) is -3.90. The first-order chi connectivity index (χ1) is 16.9. The second-order valence-electron chi connectivity index (χ2n) is 7.91. The van der Waals surface area contributed by atoms with Gasteiger partial charge in [0.1, 0.15) is 5.65 Å². The summed E-state index contributed by atoms with van der Waals surface area (Å²) in [5.74, 6) is -1.86. The first-order valence-corrected chi connectivity index (χ1v) is 12.3. The first-order valence-electron chi connectivity index (χ1n) is 10.7. The second kappa shape index (κ2) is 9.11. The van der Waals surface area contributed by atoms with Crippen molar-refractivity contribution in [2.75, 3.05) is 4.72 Å². The van der Waals surface area contributed by atoms with Crippen molar-refractivity contribution in [2.45, 2.75) is 5.75 Å². The number of hydrogen-bond acceptors (Lipinski definition) is 5. The van der Waals surface area contributed by atoms with E-state index >= 15 is 4.39 Å². The molecule has 3 aromatic heterocycles. The van der Waals surface area contributed by atoms with Crippen molar-refractivity contribution in [3.8, 4) is 11.1 Å². The summed E-state index contributed by atoms with van der Waals surface area (Å²) in [5.41, 5.74) is 2.29. The minimum atomic E-state index is -3.90. The molecule has 0 spiro atoms. The van der Waals surface area contributed by atoms with Crippen LogP contribution < -0.4 is 4.72 Å². The number of carbonyl (C=O) groups excluding carboxylic acids is 1. The molecule has 0 saturated carbocycles. The lowest BCUT2D eigenvalue weighted by Gasteiger charge is -2.11. The van der Waals surface area contributed by atoms with Gasteiger partial charge >= 0.3 is 0 Å². The molecule has 0 bridgehead atoms. The summed E-state index contributed by atoms with van der Waals surface area (Å²) < 4.78 is 42.8. The lowest BCUT2D eigenvalue weighted by atomic mass is 10.0. The van der Waals surface area contributed by atoms with Crippen LogP contribution in [-0.2, 0) is 15.8 Å². The van der Waals surface area contributed by atoms with Crippen molar-refractivity contribution >= 4 is 32.5 Å². The lowest BCUT2D eigenvalue weighted by Crippen LogP contribution is -2.17. The van der Waals surface area contributed by atoms with E-state index in [4.69, 9.17) is 0 Å². The number of carbonyl (C=O) groups is 1. The second-order valence-corrected chi connectivity index (χ2v) is 9.63. The molecule has 0 fully saturated rings. The van der Waals surface area contributed by atoms with Gasteiger partial charge in [0.25, 0.3) is 0 Å². The fraction of sp³-hybridized carbons (Fsp3) is 0.0385. The fourth-order valence-electron chi connectivity index (χ4n) is 3.81. The Morgan fingerprint density at radius 1 is 0.943 bits per heavy atom. The number of aromatic amines is 1.